The minimum absolute atomic E-state index is 0.0415. The average Bonchev–Trinajstić information content (AvgIpc) is 3.21. The van der Waals surface area contributed by atoms with Crippen molar-refractivity contribution in [2.75, 3.05) is 26.2 Å². The summed E-state index contributed by atoms with van der Waals surface area (Å²) in [5, 5.41) is 3.90. The van der Waals surface area contributed by atoms with Gasteiger partial charge in [-0.1, -0.05) is 23.4 Å². The van der Waals surface area contributed by atoms with Gasteiger partial charge in [0.1, 0.15) is 0 Å². The zero-order valence-electron chi connectivity index (χ0n) is 17.2. The summed E-state index contributed by atoms with van der Waals surface area (Å²) in [6.45, 7) is 5.21. The number of rotatable bonds is 7. The third-order valence-electron chi connectivity index (χ3n) is 4.95. The van der Waals surface area contributed by atoms with E-state index in [0.29, 0.717) is 38.0 Å². The van der Waals surface area contributed by atoms with Crippen LogP contribution in [0.4, 0.5) is 0 Å². The molecule has 1 unspecified atom stereocenters. The van der Waals surface area contributed by atoms with E-state index in [0.717, 1.165) is 5.56 Å². The number of aromatic nitrogens is 2. The Kier molecular flexibility index (Phi) is 7.16. The Hall–Kier alpha value is -3.23. The van der Waals surface area contributed by atoms with Gasteiger partial charge < -0.3 is 19.1 Å². The quantitative estimate of drug-likeness (QED) is 0.635. The maximum Gasteiger partial charge on any atom is 0.306 e. The van der Waals surface area contributed by atoms with Crippen LogP contribution in [0.5, 0.6) is 0 Å². The topological polar surface area (TPSA) is 106 Å². The molecule has 1 aromatic carbocycles. The lowest BCUT2D eigenvalue weighted by Crippen LogP contribution is -2.55. The van der Waals surface area contributed by atoms with E-state index in [1.54, 1.807) is 16.7 Å². The molecule has 0 saturated carbocycles. The number of esters is 1. The molecule has 1 aliphatic heterocycles. The van der Waals surface area contributed by atoms with Crippen molar-refractivity contribution in [1.82, 2.24) is 19.9 Å². The molecule has 1 fully saturated rings. The molecule has 3 rings (SSSR count). The lowest BCUT2D eigenvalue weighted by molar-refractivity contribution is -0.147. The summed E-state index contributed by atoms with van der Waals surface area (Å²) in [4.78, 5) is 44.2. The number of carbonyl (C=O) groups excluding carboxylic acids is 3. The Balaban J connectivity index is 1.50. The van der Waals surface area contributed by atoms with Gasteiger partial charge in [-0.2, -0.15) is 4.98 Å². The zero-order chi connectivity index (χ0) is 21.5. The molecule has 0 bridgehead atoms. The summed E-state index contributed by atoms with van der Waals surface area (Å²) < 4.78 is 10.1. The molecule has 9 heteroatoms. The fourth-order valence-electron chi connectivity index (χ4n) is 3.41. The molecule has 2 aromatic rings. The molecule has 160 valence electrons. The van der Waals surface area contributed by atoms with Crippen molar-refractivity contribution >= 4 is 17.8 Å². The number of ether oxygens (including phenoxy) is 1. The molecule has 0 radical (unpaired) electrons. The van der Waals surface area contributed by atoms with E-state index < -0.39 is 0 Å². The standard InChI is InChI=1S/C21H26N4O5/c1-3-29-20(28)10-9-18(26)25-12-11-24(14-15(25)2)19(27)13-17-22-21(30-23-17)16-7-5-4-6-8-16/h4-8,15H,3,9-14H2,1-2H3. The zero-order valence-corrected chi connectivity index (χ0v) is 17.2. The predicted octanol–water partition coefficient (Wildman–Crippen LogP) is 1.68. The normalized spacial score (nSPS) is 16.4. The van der Waals surface area contributed by atoms with Gasteiger partial charge in [0.05, 0.1) is 19.4 Å². The third kappa shape index (κ3) is 5.43. The SMILES string of the molecule is CCOC(=O)CCC(=O)N1CCN(C(=O)Cc2noc(-c3ccccc3)n2)CC1C. The van der Waals surface area contributed by atoms with Crippen LogP contribution in [0.1, 0.15) is 32.5 Å². The monoisotopic (exact) mass is 414 g/mol. The van der Waals surface area contributed by atoms with Gasteiger partial charge >= 0.3 is 5.97 Å². The highest BCUT2D eigenvalue weighted by Crippen LogP contribution is 2.17. The summed E-state index contributed by atoms with van der Waals surface area (Å²) in [5.74, 6) is 0.125. The summed E-state index contributed by atoms with van der Waals surface area (Å²) >= 11 is 0. The molecule has 2 heterocycles. The van der Waals surface area contributed by atoms with Crippen LogP contribution in [0.2, 0.25) is 0 Å². The first kappa shape index (κ1) is 21.5. The van der Waals surface area contributed by atoms with Crippen LogP contribution < -0.4 is 0 Å². The van der Waals surface area contributed by atoms with Crippen molar-refractivity contribution in [3.63, 3.8) is 0 Å². The molecular weight excluding hydrogens is 388 g/mol. The highest BCUT2D eigenvalue weighted by atomic mass is 16.5. The Morgan fingerprint density at radius 2 is 1.90 bits per heavy atom. The number of hydrogen-bond donors (Lipinski definition) is 0. The molecule has 9 nitrogen and oxygen atoms in total. The Labute approximate surface area is 175 Å². The van der Waals surface area contributed by atoms with Crippen LogP contribution >= 0.6 is 0 Å². The summed E-state index contributed by atoms with van der Waals surface area (Å²) in [6, 6.07) is 9.23. The van der Waals surface area contributed by atoms with Gasteiger partial charge in [-0.3, -0.25) is 14.4 Å². The van der Waals surface area contributed by atoms with Crippen LogP contribution in [-0.4, -0.2) is 70.0 Å². The van der Waals surface area contributed by atoms with Gasteiger partial charge in [0.25, 0.3) is 5.89 Å². The van der Waals surface area contributed by atoms with E-state index in [9.17, 15) is 14.4 Å². The number of piperazine rings is 1. The number of benzene rings is 1. The maximum absolute atomic E-state index is 12.7. The van der Waals surface area contributed by atoms with Gasteiger partial charge in [-0.25, -0.2) is 0 Å². The number of amides is 2. The highest BCUT2D eigenvalue weighted by molar-refractivity contribution is 5.82. The largest absolute Gasteiger partial charge is 0.466 e. The Morgan fingerprint density at radius 3 is 2.60 bits per heavy atom. The smallest absolute Gasteiger partial charge is 0.306 e. The number of hydrogen-bond acceptors (Lipinski definition) is 7. The second-order valence-electron chi connectivity index (χ2n) is 7.14. The van der Waals surface area contributed by atoms with Crippen molar-refractivity contribution in [2.24, 2.45) is 0 Å². The molecule has 0 spiro atoms. The van der Waals surface area contributed by atoms with Crippen LogP contribution in [0.15, 0.2) is 34.9 Å². The molecule has 1 atom stereocenters. The molecule has 1 aliphatic rings. The first-order valence-corrected chi connectivity index (χ1v) is 10.1. The average molecular weight is 414 g/mol. The predicted molar refractivity (Wildman–Crippen MR) is 107 cm³/mol. The summed E-state index contributed by atoms with van der Waals surface area (Å²) in [7, 11) is 0. The van der Waals surface area contributed by atoms with E-state index >= 15 is 0 Å². The molecule has 0 aliphatic carbocycles. The molecule has 2 amide bonds. The van der Waals surface area contributed by atoms with Crippen molar-refractivity contribution in [3.05, 3.63) is 36.2 Å². The van der Waals surface area contributed by atoms with E-state index in [4.69, 9.17) is 9.26 Å². The first-order valence-electron chi connectivity index (χ1n) is 10.1. The van der Waals surface area contributed by atoms with Crippen molar-refractivity contribution < 1.29 is 23.6 Å². The van der Waals surface area contributed by atoms with Crippen molar-refractivity contribution in [2.45, 2.75) is 39.2 Å². The summed E-state index contributed by atoms with van der Waals surface area (Å²) in [5.41, 5.74) is 0.798. The van der Waals surface area contributed by atoms with Crippen molar-refractivity contribution in [3.8, 4) is 11.5 Å². The Bertz CT molecular complexity index is 883. The molecule has 1 aromatic heterocycles. The number of carbonyl (C=O) groups is 3. The first-order chi connectivity index (χ1) is 14.5. The van der Waals surface area contributed by atoms with Gasteiger partial charge in [-0.15, -0.1) is 0 Å². The van der Waals surface area contributed by atoms with Gasteiger partial charge in [0, 0.05) is 37.7 Å². The molecule has 0 N–H and O–H groups in total. The minimum atomic E-state index is -0.373. The fourth-order valence-corrected chi connectivity index (χ4v) is 3.41. The summed E-state index contributed by atoms with van der Waals surface area (Å²) in [6.07, 6.45) is 0.224. The Morgan fingerprint density at radius 1 is 1.13 bits per heavy atom. The maximum atomic E-state index is 12.7. The lowest BCUT2D eigenvalue weighted by Gasteiger charge is -2.39. The lowest BCUT2D eigenvalue weighted by atomic mass is 10.1. The van der Waals surface area contributed by atoms with Crippen LogP contribution in [0.25, 0.3) is 11.5 Å². The van der Waals surface area contributed by atoms with Gasteiger partial charge in [-0.05, 0) is 26.0 Å². The minimum Gasteiger partial charge on any atom is -0.466 e. The second kappa shape index (κ2) is 10.00. The van der Waals surface area contributed by atoms with Crippen LogP contribution in [0, 0.1) is 0 Å². The second-order valence-corrected chi connectivity index (χ2v) is 7.14. The van der Waals surface area contributed by atoms with E-state index in [2.05, 4.69) is 10.1 Å². The van der Waals surface area contributed by atoms with E-state index in [1.165, 1.54) is 0 Å². The fraction of sp³-hybridized carbons (Fsp3) is 0.476. The van der Waals surface area contributed by atoms with Crippen molar-refractivity contribution in [1.29, 1.82) is 0 Å². The third-order valence-corrected chi connectivity index (χ3v) is 4.95. The van der Waals surface area contributed by atoms with E-state index in [1.807, 2.05) is 37.3 Å². The van der Waals surface area contributed by atoms with Gasteiger partial charge in [0.2, 0.25) is 11.8 Å². The number of nitrogens with zero attached hydrogens (tertiary/aromatic N) is 4. The van der Waals surface area contributed by atoms with Crippen LogP contribution in [-0.2, 0) is 25.5 Å². The van der Waals surface area contributed by atoms with Crippen LogP contribution in [0.3, 0.4) is 0 Å². The van der Waals surface area contributed by atoms with Gasteiger partial charge in [0.15, 0.2) is 5.82 Å². The molecule has 30 heavy (non-hydrogen) atoms. The molecule has 1 saturated heterocycles. The molecular formula is C21H26N4O5. The van der Waals surface area contributed by atoms with E-state index in [-0.39, 0.29) is 43.1 Å². The highest BCUT2D eigenvalue weighted by Gasteiger charge is 2.30.